The molecule has 1 N–H and O–H groups in total. The van der Waals surface area contributed by atoms with E-state index >= 15 is 0 Å². The van der Waals surface area contributed by atoms with Gasteiger partial charge in [0.05, 0.1) is 12.8 Å². The number of methoxy groups -OCH3 is 1. The standard InChI is InChI=1S/C20H29N5O4S.HI/c1-16(18-6-4-5-7-19(18)28-3)14-22-20(21-2)24-9-11-25(12-10-24)30(26,27)15-17-8-13-29-23-17;/h4-8,13,16H,9-12,14-15H2,1-3H3,(H,21,22);1H. The predicted molar refractivity (Wildman–Crippen MR) is 130 cm³/mol. The minimum absolute atomic E-state index is 0. The van der Waals surface area contributed by atoms with Gasteiger partial charge in [-0.05, 0) is 11.6 Å². The van der Waals surface area contributed by atoms with Crippen molar-refractivity contribution >= 4 is 40.0 Å². The molecular weight excluding hydrogens is 533 g/mol. The van der Waals surface area contributed by atoms with E-state index in [0.29, 0.717) is 38.4 Å². The normalized spacial score (nSPS) is 16.5. The molecule has 1 saturated heterocycles. The third-order valence-electron chi connectivity index (χ3n) is 5.20. The molecule has 1 aliphatic rings. The van der Waals surface area contributed by atoms with E-state index in [4.69, 9.17) is 9.26 Å². The lowest BCUT2D eigenvalue weighted by Gasteiger charge is -2.36. The highest BCUT2D eigenvalue weighted by Gasteiger charge is 2.29. The second-order valence-corrected chi connectivity index (χ2v) is 9.17. The van der Waals surface area contributed by atoms with Gasteiger partial charge in [0.25, 0.3) is 0 Å². The van der Waals surface area contributed by atoms with Gasteiger partial charge in [0.2, 0.25) is 10.0 Å². The van der Waals surface area contributed by atoms with Crippen LogP contribution in [-0.4, -0.2) is 75.6 Å². The number of piperazine rings is 1. The molecule has 1 aliphatic heterocycles. The molecule has 0 spiro atoms. The second kappa shape index (κ2) is 11.7. The van der Waals surface area contributed by atoms with Crippen LogP contribution in [0.5, 0.6) is 5.75 Å². The van der Waals surface area contributed by atoms with E-state index in [1.807, 2.05) is 18.2 Å². The van der Waals surface area contributed by atoms with Gasteiger partial charge in [0, 0.05) is 51.8 Å². The summed E-state index contributed by atoms with van der Waals surface area (Å²) in [5.74, 6) is 1.72. The molecule has 0 amide bonds. The van der Waals surface area contributed by atoms with E-state index in [-0.39, 0.29) is 35.6 Å². The molecule has 0 aliphatic carbocycles. The SMILES string of the molecule is CN=C(NCC(C)c1ccccc1OC)N1CCN(S(=O)(=O)Cc2ccon2)CC1.I. The van der Waals surface area contributed by atoms with Gasteiger partial charge >= 0.3 is 0 Å². The van der Waals surface area contributed by atoms with Gasteiger partial charge in [-0.25, -0.2) is 8.42 Å². The first kappa shape index (κ1) is 25.4. The summed E-state index contributed by atoms with van der Waals surface area (Å²) in [6, 6.07) is 9.55. The zero-order chi connectivity index (χ0) is 21.6. The Morgan fingerprint density at radius 2 is 1.97 bits per heavy atom. The number of rotatable bonds is 7. The van der Waals surface area contributed by atoms with E-state index in [2.05, 4.69) is 33.4 Å². The summed E-state index contributed by atoms with van der Waals surface area (Å²) in [7, 11) is -0.00706. The van der Waals surface area contributed by atoms with E-state index in [9.17, 15) is 8.42 Å². The third kappa shape index (κ3) is 6.56. The number of hydrogen-bond acceptors (Lipinski definition) is 6. The van der Waals surface area contributed by atoms with Gasteiger partial charge in [0.1, 0.15) is 17.8 Å². The van der Waals surface area contributed by atoms with Crippen molar-refractivity contribution in [2.75, 3.05) is 46.9 Å². The Bertz CT molecular complexity index is 944. The molecule has 1 aromatic heterocycles. The maximum atomic E-state index is 12.6. The Hall–Kier alpha value is -1.86. The average molecular weight is 563 g/mol. The van der Waals surface area contributed by atoms with Gasteiger partial charge in [-0.3, -0.25) is 4.99 Å². The number of para-hydroxylation sites is 1. The highest BCUT2D eigenvalue weighted by molar-refractivity contribution is 14.0. The van der Waals surface area contributed by atoms with E-state index in [1.54, 1.807) is 20.2 Å². The smallest absolute Gasteiger partial charge is 0.220 e. The molecule has 9 nitrogen and oxygen atoms in total. The number of benzene rings is 1. The number of guanidine groups is 1. The second-order valence-electron chi connectivity index (χ2n) is 7.20. The first-order valence-corrected chi connectivity index (χ1v) is 11.5. The number of sulfonamides is 1. The molecule has 1 atom stereocenters. The van der Waals surface area contributed by atoms with Gasteiger partial charge in [-0.15, -0.1) is 24.0 Å². The summed E-state index contributed by atoms with van der Waals surface area (Å²) in [6.07, 6.45) is 1.38. The molecule has 172 valence electrons. The molecule has 11 heteroatoms. The zero-order valence-corrected chi connectivity index (χ0v) is 21.2. The Balaban J connectivity index is 0.00000341. The number of nitrogens with zero attached hydrogens (tertiary/aromatic N) is 4. The van der Waals surface area contributed by atoms with Crippen LogP contribution in [0.15, 0.2) is 46.1 Å². The molecule has 3 rings (SSSR count). The molecule has 1 fully saturated rings. The molecule has 1 unspecified atom stereocenters. The average Bonchev–Trinajstić information content (AvgIpc) is 3.26. The fourth-order valence-corrected chi connectivity index (χ4v) is 4.95. The van der Waals surface area contributed by atoms with Gasteiger partial charge in [-0.2, -0.15) is 4.31 Å². The minimum Gasteiger partial charge on any atom is -0.496 e. The summed E-state index contributed by atoms with van der Waals surface area (Å²) in [5.41, 5.74) is 1.55. The van der Waals surface area contributed by atoms with Gasteiger partial charge in [0.15, 0.2) is 5.96 Å². The first-order chi connectivity index (χ1) is 14.4. The Kier molecular flexibility index (Phi) is 9.56. The molecule has 0 bridgehead atoms. The zero-order valence-electron chi connectivity index (χ0n) is 18.0. The van der Waals surface area contributed by atoms with Crippen molar-refractivity contribution in [3.05, 3.63) is 47.9 Å². The molecule has 2 aromatic rings. The topological polar surface area (TPSA) is 100 Å². The van der Waals surface area contributed by atoms with E-state index in [0.717, 1.165) is 17.3 Å². The summed E-state index contributed by atoms with van der Waals surface area (Å²) < 4.78 is 36.9. The number of nitrogens with one attached hydrogen (secondary N) is 1. The van der Waals surface area contributed by atoms with Crippen LogP contribution in [0.2, 0.25) is 0 Å². The van der Waals surface area contributed by atoms with Crippen LogP contribution >= 0.6 is 24.0 Å². The summed E-state index contributed by atoms with van der Waals surface area (Å²) in [4.78, 5) is 6.46. The van der Waals surface area contributed by atoms with Crippen molar-refractivity contribution in [1.82, 2.24) is 19.7 Å². The van der Waals surface area contributed by atoms with Crippen LogP contribution in [0.1, 0.15) is 24.1 Å². The van der Waals surface area contributed by atoms with Crippen molar-refractivity contribution in [1.29, 1.82) is 0 Å². The highest BCUT2D eigenvalue weighted by Crippen LogP contribution is 2.25. The summed E-state index contributed by atoms with van der Waals surface area (Å²) in [5, 5.41) is 7.11. The Morgan fingerprint density at radius 1 is 1.26 bits per heavy atom. The molecule has 0 radical (unpaired) electrons. The van der Waals surface area contributed by atoms with Crippen LogP contribution in [0.4, 0.5) is 0 Å². The number of halogens is 1. The van der Waals surface area contributed by atoms with E-state index < -0.39 is 10.0 Å². The summed E-state index contributed by atoms with van der Waals surface area (Å²) >= 11 is 0. The van der Waals surface area contributed by atoms with Gasteiger partial charge in [-0.1, -0.05) is 30.3 Å². The monoisotopic (exact) mass is 563 g/mol. The van der Waals surface area contributed by atoms with Crippen molar-refractivity contribution < 1.29 is 17.7 Å². The number of ether oxygens (including phenoxy) is 1. The van der Waals surface area contributed by atoms with E-state index in [1.165, 1.54) is 10.6 Å². The molecule has 2 heterocycles. The predicted octanol–water partition coefficient (Wildman–Crippen LogP) is 2.13. The van der Waals surface area contributed by atoms with Crippen molar-refractivity contribution in [2.45, 2.75) is 18.6 Å². The number of hydrogen-bond donors (Lipinski definition) is 1. The molecular formula is C20H30IN5O4S. The van der Waals surface area contributed by atoms with Crippen LogP contribution in [0, 0.1) is 0 Å². The fraction of sp³-hybridized carbons (Fsp3) is 0.500. The Labute approximate surface area is 200 Å². The van der Waals surface area contributed by atoms with Crippen LogP contribution in [0.3, 0.4) is 0 Å². The molecule has 31 heavy (non-hydrogen) atoms. The summed E-state index contributed by atoms with van der Waals surface area (Å²) in [6.45, 7) is 4.78. The fourth-order valence-electron chi connectivity index (χ4n) is 3.53. The van der Waals surface area contributed by atoms with Crippen molar-refractivity contribution in [2.24, 2.45) is 4.99 Å². The largest absolute Gasteiger partial charge is 0.496 e. The number of aromatic nitrogens is 1. The van der Waals surface area contributed by atoms with Crippen LogP contribution < -0.4 is 10.1 Å². The third-order valence-corrected chi connectivity index (χ3v) is 7.01. The van der Waals surface area contributed by atoms with Crippen LogP contribution in [0.25, 0.3) is 0 Å². The number of aliphatic imine (C=N–C) groups is 1. The maximum absolute atomic E-state index is 12.6. The first-order valence-electron chi connectivity index (χ1n) is 9.90. The van der Waals surface area contributed by atoms with Gasteiger partial charge < -0.3 is 19.5 Å². The lowest BCUT2D eigenvalue weighted by atomic mass is 10.0. The van der Waals surface area contributed by atoms with Crippen LogP contribution in [-0.2, 0) is 15.8 Å². The molecule has 0 saturated carbocycles. The highest BCUT2D eigenvalue weighted by atomic mass is 127. The van der Waals surface area contributed by atoms with Crippen molar-refractivity contribution in [3.8, 4) is 5.75 Å². The van der Waals surface area contributed by atoms with Crippen molar-refractivity contribution in [3.63, 3.8) is 0 Å². The lowest BCUT2D eigenvalue weighted by molar-refractivity contribution is 0.259. The quantitative estimate of drug-likeness (QED) is 0.313. The molecule has 1 aromatic carbocycles. The maximum Gasteiger partial charge on any atom is 0.220 e. The lowest BCUT2D eigenvalue weighted by Crippen LogP contribution is -2.54. The Morgan fingerprint density at radius 3 is 2.58 bits per heavy atom. The minimum atomic E-state index is -3.42.